The second-order valence-corrected chi connectivity index (χ2v) is 8.92. The molecule has 0 aliphatic rings. The van der Waals surface area contributed by atoms with Crippen molar-refractivity contribution in [2.75, 3.05) is 36.0 Å². The maximum Gasteiger partial charge on any atom is 0.0366 e. The van der Waals surface area contributed by atoms with Crippen LogP contribution in [-0.2, 0) is 0 Å². The van der Waals surface area contributed by atoms with Gasteiger partial charge in [0.2, 0.25) is 0 Å². The standard InChI is InChI=1S/C34H38N2/c1-5-35(6-2)31-23-19-29(20-24-31)34(30-21-25-32(26-22-30)36(7-3)8-4)33(27-15-11-9-12-16-27)28-17-13-10-14-18-28/h9-26H,5-8H2,1-4H3. The van der Waals surface area contributed by atoms with Crippen LogP contribution in [0.2, 0.25) is 0 Å². The van der Waals surface area contributed by atoms with Gasteiger partial charge in [-0.2, -0.15) is 0 Å². The van der Waals surface area contributed by atoms with Crippen molar-refractivity contribution in [1.29, 1.82) is 0 Å². The monoisotopic (exact) mass is 474 g/mol. The van der Waals surface area contributed by atoms with Crippen molar-refractivity contribution in [3.63, 3.8) is 0 Å². The molecule has 0 bridgehead atoms. The molecule has 0 heterocycles. The summed E-state index contributed by atoms with van der Waals surface area (Å²) >= 11 is 0. The van der Waals surface area contributed by atoms with Crippen LogP contribution in [0.15, 0.2) is 109 Å². The molecule has 184 valence electrons. The van der Waals surface area contributed by atoms with E-state index in [4.69, 9.17) is 0 Å². The van der Waals surface area contributed by atoms with E-state index < -0.39 is 0 Å². The molecule has 0 saturated heterocycles. The van der Waals surface area contributed by atoms with E-state index in [9.17, 15) is 0 Å². The fourth-order valence-electron chi connectivity index (χ4n) is 4.98. The lowest BCUT2D eigenvalue weighted by atomic mass is 9.85. The van der Waals surface area contributed by atoms with E-state index in [0.29, 0.717) is 0 Å². The molecule has 2 nitrogen and oxygen atoms in total. The Kier molecular flexibility index (Phi) is 8.62. The average Bonchev–Trinajstić information content (AvgIpc) is 2.95. The normalized spacial score (nSPS) is 10.7. The predicted molar refractivity (Wildman–Crippen MR) is 158 cm³/mol. The van der Waals surface area contributed by atoms with Gasteiger partial charge in [0, 0.05) is 37.6 Å². The van der Waals surface area contributed by atoms with Gasteiger partial charge >= 0.3 is 0 Å². The highest BCUT2D eigenvalue weighted by molar-refractivity contribution is 6.04. The van der Waals surface area contributed by atoms with Gasteiger partial charge in [-0.25, -0.2) is 0 Å². The first-order valence-corrected chi connectivity index (χ1v) is 13.3. The minimum atomic E-state index is 1.00. The Bertz CT molecular complexity index is 1130. The molecule has 0 amide bonds. The molecule has 0 saturated carbocycles. The van der Waals surface area contributed by atoms with Crippen LogP contribution in [0.25, 0.3) is 11.1 Å². The SMILES string of the molecule is CCN(CC)c1ccc(C(=C(c2ccccc2)c2ccccc2)c2ccc(N(CC)CC)cc2)cc1. The van der Waals surface area contributed by atoms with Crippen LogP contribution in [0.1, 0.15) is 49.9 Å². The predicted octanol–water partition coefficient (Wildman–Crippen LogP) is 8.39. The molecule has 4 rings (SSSR count). The summed E-state index contributed by atoms with van der Waals surface area (Å²) in [5.41, 5.74) is 9.93. The lowest BCUT2D eigenvalue weighted by molar-refractivity contribution is 0.866. The van der Waals surface area contributed by atoms with Gasteiger partial charge in [0.05, 0.1) is 0 Å². The van der Waals surface area contributed by atoms with E-state index in [-0.39, 0.29) is 0 Å². The van der Waals surface area contributed by atoms with Crippen LogP contribution in [0.4, 0.5) is 11.4 Å². The first-order chi connectivity index (χ1) is 17.7. The topological polar surface area (TPSA) is 6.48 Å². The quantitative estimate of drug-likeness (QED) is 0.213. The van der Waals surface area contributed by atoms with Crippen molar-refractivity contribution in [3.05, 3.63) is 131 Å². The number of benzene rings is 4. The number of hydrogen-bond donors (Lipinski definition) is 0. The zero-order valence-corrected chi connectivity index (χ0v) is 22.1. The van der Waals surface area contributed by atoms with Gasteiger partial charge in [-0.3, -0.25) is 0 Å². The van der Waals surface area contributed by atoms with Crippen LogP contribution >= 0.6 is 0 Å². The number of hydrogen-bond acceptors (Lipinski definition) is 2. The van der Waals surface area contributed by atoms with Crippen LogP contribution in [0, 0.1) is 0 Å². The highest BCUT2D eigenvalue weighted by atomic mass is 15.1. The van der Waals surface area contributed by atoms with Gasteiger partial charge < -0.3 is 9.80 Å². The minimum absolute atomic E-state index is 1.00. The first kappa shape index (κ1) is 25.3. The van der Waals surface area contributed by atoms with Crippen molar-refractivity contribution in [2.45, 2.75) is 27.7 Å². The smallest absolute Gasteiger partial charge is 0.0366 e. The van der Waals surface area contributed by atoms with Crippen LogP contribution in [0.3, 0.4) is 0 Å². The molecule has 0 aliphatic heterocycles. The van der Waals surface area contributed by atoms with E-state index in [1.54, 1.807) is 0 Å². The van der Waals surface area contributed by atoms with Gasteiger partial charge in [-0.05, 0) is 85.4 Å². The van der Waals surface area contributed by atoms with E-state index in [0.717, 1.165) is 26.2 Å². The minimum Gasteiger partial charge on any atom is -0.372 e. The number of rotatable bonds is 10. The highest BCUT2D eigenvalue weighted by Crippen LogP contribution is 2.38. The zero-order chi connectivity index (χ0) is 25.3. The fourth-order valence-corrected chi connectivity index (χ4v) is 4.98. The molecular formula is C34H38N2. The molecule has 0 fully saturated rings. The Balaban J connectivity index is 1.96. The molecule has 0 atom stereocenters. The average molecular weight is 475 g/mol. The van der Waals surface area contributed by atoms with Crippen molar-refractivity contribution in [2.24, 2.45) is 0 Å². The van der Waals surface area contributed by atoms with Crippen molar-refractivity contribution >= 4 is 22.5 Å². The summed E-state index contributed by atoms with van der Waals surface area (Å²) in [6.45, 7) is 12.9. The Morgan fingerprint density at radius 2 is 0.667 bits per heavy atom. The zero-order valence-electron chi connectivity index (χ0n) is 22.1. The van der Waals surface area contributed by atoms with E-state index >= 15 is 0 Å². The lowest BCUT2D eigenvalue weighted by Crippen LogP contribution is -2.21. The molecule has 0 unspecified atom stereocenters. The maximum absolute atomic E-state index is 2.39. The third-order valence-electron chi connectivity index (χ3n) is 6.94. The summed E-state index contributed by atoms with van der Waals surface area (Å²) < 4.78 is 0. The van der Waals surface area contributed by atoms with E-state index in [2.05, 4.69) is 147 Å². The molecule has 0 aromatic heterocycles. The second-order valence-electron chi connectivity index (χ2n) is 8.92. The van der Waals surface area contributed by atoms with Gasteiger partial charge in [0.15, 0.2) is 0 Å². The molecule has 0 spiro atoms. The lowest BCUT2D eigenvalue weighted by Gasteiger charge is -2.23. The first-order valence-electron chi connectivity index (χ1n) is 13.3. The van der Waals surface area contributed by atoms with Gasteiger partial charge in [-0.1, -0.05) is 84.9 Å². The Morgan fingerprint density at radius 1 is 0.389 bits per heavy atom. The second kappa shape index (κ2) is 12.3. The van der Waals surface area contributed by atoms with Crippen LogP contribution < -0.4 is 9.80 Å². The maximum atomic E-state index is 2.39. The molecule has 0 N–H and O–H groups in total. The molecular weight excluding hydrogens is 436 g/mol. The summed E-state index contributed by atoms with van der Waals surface area (Å²) in [4.78, 5) is 4.78. The molecule has 4 aromatic carbocycles. The van der Waals surface area contributed by atoms with Crippen LogP contribution in [-0.4, -0.2) is 26.2 Å². The van der Waals surface area contributed by atoms with Crippen molar-refractivity contribution in [3.8, 4) is 0 Å². The third-order valence-corrected chi connectivity index (χ3v) is 6.94. The van der Waals surface area contributed by atoms with Crippen LogP contribution in [0.5, 0.6) is 0 Å². The number of nitrogens with zero attached hydrogens (tertiary/aromatic N) is 2. The van der Waals surface area contributed by atoms with Crippen molar-refractivity contribution < 1.29 is 0 Å². The third kappa shape index (κ3) is 5.54. The molecule has 36 heavy (non-hydrogen) atoms. The summed E-state index contributed by atoms with van der Waals surface area (Å²) in [6.07, 6.45) is 0. The number of anilines is 2. The fraction of sp³-hybridized carbons (Fsp3) is 0.235. The summed E-state index contributed by atoms with van der Waals surface area (Å²) in [5.74, 6) is 0. The molecule has 4 aromatic rings. The Morgan fingerprint density at radius 3 is 0.944 bits per heavy atom. The largest absolute Gasteiger partial charge is 0.372 e. The molecule has 0 radical (unpaired) electrons. The summed E-state index contributed by atoms with van der Waals surface area (Å²) in [7, 11) is 0. The highest BCUT2D eigenvalue weighted by Gasteiger charge is 2.17. The molecule has 2 heteroatoms. The van der Waals surface area contributed by atoms with Gasteiger partial charge in [-0.15, -0.1) is 0 Å². The summed E-state index contributed by atoms with van der Waals surface area (Å²) in [6, 6.07) is 39.8. The molecule has 0 aliphatic carbocycles. The van der Waals surface area contributed by atoms with Gasteiger partial charge in [0.1, 0.15) is 0 Å². The Labute approximate surface area is 217 Å². The van der Waals surface area contributed by atoms with E-state index in [1.807, 2.05) is 0 Å². The van der Waals surface area contributed by atoms with Crippen molar-refractivity contribution in [1.82, 2.24) is 0 Å². The Hall–Kier alpha value is -3.78. The van der Waals surface area contributed by atoms with E-state index in [1.165, 1.54) is 44.8 Å². The van der Waals surface area contributed by atoms with Gasteiger partial charge in [0.25, 0.3) is 0 Å². The summed E-state index contributed by atoms with van der Waals surface area (Å²) in [5, 5.41) is 0.